The van der Waals surface area contributed by atoms with Crippen molar-refractivity contribution >= 4 is 10.9 Å². The molecule has 2 aromatic rings. The highest BCUT2D eigenvalue weighted by atomic mass is 16.5. The van der Waals surface area contributed by atoms with Gasteiger partial charge in [-0.1, -0.05) is 26.8 Å². The molecule has 7 fully saturated rings. The smallest absolute Gasteiger partial charge is 0.119 e. The number of methoxy groups -OCH3 is 1. The molecule has 1 unspecified atom stereocenters. The number of aliphatic hydroxyl groups is 4. The second kappa shape index (κ2) is 13.1. The summed E-state index contributed by atoms with van der Waals surface area (Å²) in [5, 5.41) is 46.7. The second-order valence-electron chi connectivity index (χ2n) is 18.3. The first-order valence-corrected chi connectivity index (χ1v) is 20.0. The van der Waals surface area contributed by atoms with Gasteiger partial charge in [-0.3, -0.25) is 9.88 Å². The predicted molar refractivity (Wildman–Crippen MR) is 197 cm³/mol. The van der Waals surface area contributed by atoms with E-state index in [0.29, 0.717) is 41.9 Å². The number of piperidine rings is 3. The van der Waals surface area contributed by atoms with E-state index in [2.05, 4.69) is 44.4 Å². The number of fused-ring (bicyclic) bond motifs is 9. The summed E-state index contributed by atoms with van der Waals surface area (Å²) < 4.78 is 5.61. The van der Waals surface area contributed by atoms with Gasteiger partial charge in [0.25, 0.3) is 0 Å². The van der Waals surface area contributed by atoms with Gasteiger partial charge in [-0.25, -0.2) is 0 Å². The summed E-state index contributed by atoms with van der Waals surface area (Å²) in [7, 11) is 1.69. The van der Waals surface area contributed by atoms with Crippen LogP contribution in [0.2, 0.25) is 0 Å². The van der Waals surface area contributed by atoms with Crippen molar-refractivity contribution in [3.05, 3.63) is 48.2 Å². The van der Waals surface area contributed by atoms with Crippen molar-refractivity contribution < 1.29 is 25.2 Å². The Balaban J connectivity index is 1.01. The molecule has 3 aliphatic heterocycles. The summed E-state index contributed by atoms with van der Waals surface area (Å²) >= 11 is 0. The van der Waals surface area contributed by atoms with Crippen molar-refractivity contribution in [3.63, 3.8) is 0 Å². The minimum absolute atomic E-state index is 0.0107. The van der Waals surface area contributed by atoms with E-state index in [1.165, 1.54) is 19.3 Å². The highest BCUT2D eigenvalue weighted by Crippen LogP contribution is 2.68. The van der Waals surface area contributed by atoms with Gasteiger partial charge >= 0.3 is 0 Å². The summed E-state index contributed by atoms with van der Waals surface area (Å²) in [5.74, 6) is 3.89. The average molecular weight is 687 g/mol. The normalized spacial score (nSPS) is 45.0. The van der Waals surface area contributed by atoms with E-state index in [9.17, 15) is 20.4 Å². The Labute approximate surface area is 299 Å². The molecule has 16 atom stereocenters. The maximum atomic E-state index is 12.1. The van der Waals surface area contributed by atoms with Crippen LogP contribution in [0.25, 0.3) is 10.9 Å². The average Bonchev–Trinajstić information content (AvgIpc) is 3.49. The molecule has 4 N–H and O–H groups in total. The molecule has 4 saturated carbocycles. The Morgan fingerprint density at radius 1 is 0.980 bits per heavy atom. The molecule has 0 radical (unpaired) electrons. The van der Waals surface area contributed by atoms with Crippen molar-refractivity contribution in [1.29, 1.82) is 0 Å². The molecule has 1 aromatic heterocycles. The first-order valence-electron chi connectivity index (χ1n) is 20.0. The molecule has 0 spiro atoms. The highest BCUT2D eigenvalue weighted by molar-refractivity contribution is 5.84. The van der Waals surface area contributed by atoms with Crippen LogP contribution < -0.4 is 4.74 Å². The molecule has 50 heavy (non-hydrogen) atoms. The first kappa shape index (κ1) is 35.0. The Bertz CT molecular complexity index is 1580. The summed E-state index contributed by atoms with van der Waals surface area (Å²) in [5.41, 5.74) is 3.08. The minimum atomic E-state index is -0.748. The SMILES string of the molecule is C=C[C@H]1CN2CC[C@H]1C[C@@H]2[C@@H](O)c1cc(CC[C@@H](C)[C@H]2CC[C@H]3[C@@H]4[C@H](O)[C@H](O)[C@@H]5C[C@H](O)CC[C@]5(C)[C@H]4CC[C@]23C)nc2ccc(OC)cc12. The van der Waals surface area contributed by atoms with E-state index in [-0.39, 0.29) is 34.8 Å². The van der Waals surface area contributed by atoms with Crippen LogP contribution in [0.4, 0.5) is 0 Å². The van der Waals surface area contributed by atoms with Crippen LogP contribution in [0.1, 0.15) is 102 Å². The molecule has 4 aliphatic carbocycles. The zero-order chi connectivity index (χ0) is 35.1. The predicted octanol–water partition coefficient (Wildman–Crippen LogP) is 6.70. The van der Waals surface area contributed by atoms with E-state index in [0.717, 1.165) is 85.9 Å². The number of hydrogen-bond acceptors (Lipinski definition) is 7. The van der Waals surface area contributed by atoms with E-state index in [4.69, 9.17) is 9.72 Å². The molecule has 274 valence electrons. The molecule has 3 saturated heterocycles. The van der Waals surface area contributed by atoms with E-state index in [1.54, 1.807) is 7.11 Å². The topological polar surface area (TPSA) is 106 Å². The van der Waals surface area contributed by atoms with Crippen LogP contribution in [0.5, 0.6) is 5.75 Å². The van der Waals surface area contributed by atoms with Crippen molar-refractivity contribution in [2.75, 3.05) is 20.2 Å². The fraction of sp³-hybridized carbons (Fsp3) is 0.744. The van der Waals surface area contributed by atoms with E-state index in [1.807, 2.05) is 18.2 Å². The lowest BCUT2D eigenvalue weighted by molar-refractivity contribution is -0.223. The third kappa shape index (κ3) is 5.50. The molecule has 7 aliphatic rings. The summed E-state index contributed by atoms with van der Waals surface area (Å²) in [6, 6.07) is 8.35. The largest absolute Gasteiger partial charge is 0.497 e. The zero-order valence-corrected chi connectivity index (χ0v) is 30.9. The number of aliphatic hydroxyl groups excluding tert-OH is 4. The third-order valence-corrected chi connectivity index (χ3v) is 16.3. The van der Waals surface area contributed by atoms with Crippen molar-refractivity contribution in [3.8, 4) is 5.75 Å². The molecular formula is C43H62N2O5. The van der Waals surface area contributed by atoms with Crippen molar-refractivity contribution in [2.24, 2.45) is 58.2 Å². The van der Waals surface area contributed by atoms with Gasteiger partial charge in [0.1, 0.15) is 5.75 Å². The number of pyridine rings is 1. The van der Waals surface area contributed by atoms with Crippen LogP contribution in [0, 0.1) is 58.2 Å². The molecule has 4 heterocycles. The lowest BCUT2D eigenvalue weighted by Crippen LogP contribution is -2.64. The lowest BCUT2D eigenvalue weighted by atomic mass is 9.43. The van der Waals surface area contributed by atoms with Crippen LogP contribution in [0.3, 0.4) is 0 Å². The fourth-order valence-corrected chi connectivity index (χ4v) is 13.5. The quantitative estimate of drug-likeness (QED) is 0.229. The summed E-state index contributed by atoms with van der Waals surface area (Å²) in [4.78, 5) is 7.64. The maximum Gasteiger partial charge on any atom is 0.119 e. The van der Waals surface area contributed by atoms with Gasteiger partial charge in [0.2, 0.25) is 0 Å². The molecule has 2 bridgehead atoms. The molecule has 7 nitrogen and oxygen atoms in total. The van der Waals surface area contributed by atoms with Crippen LogP contribution in [-0.4, -0.2) is 74.9 Å². The number of hydrogen-bond donors (Lipinski definition) is 4. The Hall–Kier alpha value is -2.03. The zero-order valence-electron chi connectivity index (χ0n) is 30.9. The van der Waals surface area contributed by atoms with Crippen molar-refractivity contribution in [2.45, 2.75) is 122 Å². The molecular weight excluding hydrogens is 624 g/mol. The minimum Gasteiger partial charge on any atom is -0.497 e. The standard InChI is InChI=1S/C43H62N2O5/c1-6-25-23-45-18-15-26(25)19-37(45)39(47)31-20-27(44-36-12-9-29(50-5)22-30(31)36)8-7-24(2)32-10-11-33-38-34(14-17-42(32,33)3)43(4)16-13-28(46)21-35(43)40(48)41(38)49/h6,9,12,20,22,24-26,28,32-35,37-41,46-49H,1,7-8,10-11,13-19,21,23H2,2-5H3/t24-,25+,26+,28-,32-,33+,34+,35+,37-,38+,39+,40-,41+,42-,43-/m1/s1. The first-order chi connectivity index (χ1) is 24.0. The van der Waals surface area contributed by atoms with E-state index >= 15 is 0 Å². The molecule has 0 amide bonds. The Morgan fingerprint density at radius 2 is 1.76 bits per heavy atom. The number of rotatable bonds is 8. The molecule has 9 rings (SSSR count). The van der Waals surface area contributed by atoms with Gasteiger partial charge in [-0.05, 0) is 165 Å². The third-order valence-electron chi connectivity index (χ3n) is 16.3. The van der Waals surface area contributed by atoms with Gasteiger partial charge in [0, 0.05) is 23.7 Å². The van der Waals surface area contributed by atoms with Gasteiger partial charge in [-0.15, -0.1) is 6.58 Å². The maximum absolute atomic E-state index is 12.1. The van der Waals surface area contributed by atoms with Gasteiger partial charge in [-0.2, -0.15) is 0 Å². The second-order valence-corrected chi connectivity index (χ2v) is 18.3. The Kier molecular flexibility index (Phi) is 9.19. The fourth-order valence-electron chi connectivity index (χ4n) is 13.5. The van der Waals surface area contributed by atoms with Crippen LogP contribution in [0.15, 0.2) is 36.9 Å². The number of aromatic nitrogens is 1. The summed E-state index contributed by atoms with van der Waals surface area (Å²) in [6.45, 7) is 13.4. The highest BCUT2D eigenvalue weighted by Gasteiger charge is 2.65. The molecule has 7 heteroatoms. The van der Waals surface area contributed by atoms with Gasteiger partial charge in [0.05, 0.1) is 37.0 Å². The number of ether oxygens (including phenoxy) is 1. The number of benzene rings is 1. The van der Waals surface area contributed by atoms with Crippen molar-refractivity contribution in [1.82, 2.24) is 9.88 Å². The van der Waals surface area contributed by atoms with Crippen LogP contribution >= 0.6 is 0 Å². The van der Waals surface area contributed by atoms with Crippen LogP contribution in [-0.2, 0) is 6.42 Å². The Morgan fingerprint density at radius 3 is 2.50 bits per heavy atom. The number of aryl methyl sites for hydroxylation is 1. The lowest BCUT2D eigenvalue weighted by Gasteiger charge is -2.63. The number of nitrogens with zero attached hydrogens (tertiary/aromatic N) is 2. The monoisotopic (exact) mass is 686 g/mol. The van der Waals surface area contributed by atoms with E-state index < -0.39 is 18.3 Å². The van der Waals surface area contributed by atoms with Gasteiger partial charge < -0.3 is 25.2 Å². The van der Waals surface area contributed by atoms with Gasteiger partial charge in [0.15, 0.2) is 0 Å². The molecule has 1 aromatic carbocycles. The summed E-state index contributed by atoms with van der Waals surface area (Å²) in [6.07, 6.45) is 10.7.